The number of benzene rings is 3. The number of carbonyl (C=O) groups excluding carboxylic acids is 1. The Hall–Kier alpha value is -3.34. The van der Waals surface area contributed by atoms with E-state index in [1.54, 1.807) is 6.92 Å². The van der Waals surface area contributed by atoms with Crippen LogP contribution in [0.5, 0.6) is 11.5 Å². The molecule has 0 aliphatic carbocycles. The van der Waals surface area contributed by atoms with E-state index in [9.17, 15) is 22.7 Å². The van der Waals surface area contributed by atoms with Crippen molar-refractivity contribution in [3.63, 3.8) is 0 Å². The number of aliphatic hydroxyl groups is 1. The van der Waals surface area contributed by atoms with E-state index in [-0.39, 0.29) is 32.5 Å². The summed E-state index contributed by atoms with van der Waals surface area (Å²) in [6.07, 6.45) is -1.60. The third-order valence-electron chi connectivity index (χ3n) is 5.24. The van der Waals surface area contributed by atoms with Gasteiger partial charge in [0, 0.05) is 22.2 Å². The third kappa shape index (κ3) is 5.50. The Morgan fingerprint density at radius 1 is 1.06 bits per heavy atom. The average molecular weight is 523 g/mol. The molecule has 0 aliphatic rings. The summed E-state index contributed by atoms with van der Waals surface area (Å²) in [6.45, 7) is 0.962. The van der Waals surface area contributed by atoms with Gasteiger partial charge in [0.1, 0.15) is 18.5 Å². The van der Waals surface area contributed by atoms with Crippen LogP contribution in [0.25, 0.3) is 0 Å². The Labute approximate surface area is 207 Å². The van der Waals surface area contributed by atoms with E-state index in [0.717, 1.165) is 4.31 Å². The quantitative estimate of drug-likeness (QED) is 0.443. The number of nitrogens with two attached hydrogens (primary N) is 1. The van der Waals surface area contributed by atoms with E-state index < -0.39 is 34.4 Å². The first-order chi connectivity index (χ1) is 16.5. The van der Waals surface area contributed by atoms with Crippen LogP contribution in [0.4, 0.5) is 10.1 Å². The number of sulfonamides is 1. The smallest absolute Gasteiger partial charge is 0.264 e. The molecule has 3 aromatic carbocycles. The zero-order valence-electron chi connectivity index (χ0n) is 19.2. The summed E-state index contributed by atoms with van der Waals surface area (Å²) in [5.74, 6) is -1.21. The molecule has 0 saturated heterocycles. The van der Waals surface area contributed by atoms with E-state index in [4.69, 9.17) is 26.8 Å². The highest BCUT2D eigenvalue weighted by Gasteiger charge is 2.31. The van der Waals surface area contributed by atoms with Gasteiger partial charge in [0.05, 0.1) is 24.8 Å². The number of carbonyl (C=O) groups is 1. The molecule has 0 aliphatic heterocycles. The van der Waals surface area contributed by atoms with Crippen molar-refractivity contribution < 1.29 is 32.2 Å². The molecule has 11 heteroatoms. The minimum atomic E-state index is -4.43. The molecule has 1 atom stereocenters. The number of halogens is 2. The van der Waals surface area contributed by atoms with Crippen LogP contribution in [0.3, 0.4) is 0 Å². The van der Waals surface area contributed by atoms with E-state index in [2.05, 4.69) is 0 Å². The van der Waals surface area contributed by atoms with E-state index in [1.807, 2.05) is 0 Å². The lowest BCUT2D eigenvalue weighted by Gasteiger charge is -2.27. The number of anilines is 1. The Morgan fingerprint density at radius 2 is 1.74 bits per heavy atom. The van der Waals surface area contributed by atoms with Crippen LogP contribution in [0.2, 0.25) is 5.02 Å². The topological polar surface area (TPSA) is 119 Å². The van der Waals surface area contributed by atoms with Gasteiger partial charge in [-0.05, 0) is 43.3 Å². The fraction of sp³-hybridized carbons (Fsp3) is 0.208. The van der Waals surface area contributed by atoms with Crippen LogP contribution < -0.4 is 19.5 Å². The Bertz CT molecular complexity index is 1370. The van der Waals surface area contributed by atoms with Crippen molar-refractivity contribution in [2.24, 2.45) is 5.73 Å². The summed E-state index contributed by atoms with van der Waals surface area (Å²) in [6, 6.07) is 12.1. The highest BCUT2D eigenvalue weighted by atomic mass is 35.5. The van der Waals surface area contributed by atoms with Crippen molar-refractivity contribution in [1.82, 2.24) is 0 Å². The molecule has 0 radical (unpaired) electrons. The first-order valence-corrected chi connectivity index (χ1v) is 12.1. The van der Waals surface area contributed by atoms with Gasteiger partial charge in [-0.15, -0.1) is 0 Å². The number of aliphatic hydroxyl groups excluding tert-OH is 1. The first-order valence-electron chi connectivity index (χ1n) is 10.3. The van der Waals surface area contributed by atoms with Gasteiger partial charge >= 0.3 is 0 Å². The average Bonchev–Trinajstić information content (AvgIpc) is 2.83. The predicted octanol–water partition coefficient (Wildman–Crippen LogP) is 3.57. The summed E-state index contributed by atoms with van der Waals surface area (Å²) >= 11 is 6.14. The fourth-order valence-electron chi connectivity index (χ4n) is 3.56. The van der Waals surface area contributed by atoms with Crippen molar-refractivity contribution in [1.29, 1.82) is 0 Å². The highest BCUT2D eigenvalue weighted by Crippen LogP contribution is 2.38. The molecule has 0 heterocycles. The van der Waals surface area contributed by atoms with Gasteiger partial charge in [0.2, 0.25) is 5.91 Å². The molecule has 35 heavy (non-hydrogen) atoms. The molecule has 3 aromatic rings. The number of hydrogen-bond acceptors (Lipinski definition) is 6. The lowest BCUT2D eigenvalue weighted by molar-refractivity contribution is -0.116. The molecular weight excluding hydrogens is 499 g/mol. The maximum absolute atomic E-state index is 14.6. The van der Waals surface area contributed by atoms with Crippen molar-refractivity contribution in [2.75, 3.05) is 25.1 Å². The lowest BCUT2D eigenvalue weighted by atomic mass is 9.98. The number of ether oxygens (including phenoxy) is 2. The van der Waals surface area contributed by atoms with Crippen LogP contribution in [0.15, 0.2) is 59.5 Å². The fourth-order valence-corrected chi connectivity index (χ4v) is 5.21. The predicted molar refractivity (Wildman–Crippen MR) is 130 cm³/mol. The molecule has 8 nitrogen and oxygen atoms in total. The number of aryl methyl sites for hydroxylation is 1. The molecule has 1 amide bonds. The van der Waals surface area contributed by atoms with Gasteiger partial charge in [-0.1, -0.05) is 29.3 Å². The second-order valence-electron chi connectivity index (χ2n) is 7.63. The van der Waals surface area contributed by atoms with E-state index in [0.29, 0.717) is 11.3 Å². The minimum absolute atomic E-state index is 0.0349. The summed E-state index contributed by atoms with van der Waals surface area (Å²) in [4.78, 5) is 11.7. The Kier molecular flexibility index (Phi) is 7.89. The molecular formula is C24H24ClFN2O6S. The monoisotopic (exact) mass is 522 g/mol. The third-order valence-corrected chi connectivity index (χ3v) is 7.23. The van der Waals surface area contributed by atoms with E-state index in [1.165, 1.54) is 68.8 Å². The molecule has 1 unspecified atom stereocenters. The number of rotatable bonds is 9. The van der Waals surface area contributed by atoms with Gasteiger partial charge in [0.15, 0.2) is 11.5 Å². The minimum Gasteiger partial charge on any atom is -0.493 e. The maximum Gasteiger partial charge on any atom is 0.264 e. The lowest BCUT2D eigenvalue weighted by Crippen LogP contribution is -2.39. The standard InChI is InChI=1S/C24H24ClFN2O6S/c1-14-4-7-19(26)17(10-14)24(30)18-11-15(25)5-8-20(18)28(13-23(27)29)35(31,32)16-6-9-21(33-2)22(12-16)34-3/h4-12,24,30H,13H2,1-3H3,(H2,27,29). The van der Waals surface area contributed by atoms with Crippen LogP contribution in [0, 0.1) is 12.7 Å². The van der Waals surface area contributed by atoms with Crippen molar-refractivity contribution in [3.8, 4) is 11.5 Å². The molecule has 0 aromatic heterocycles. The van der Waals surface area contributed by atoms with Crippen molar-refractivity contribution in [2.45, 2.75) is 17.9 Å². The van der Waals surface area contributed by atoms with Crippen molar-refractivity contribution in [3.05, 3.63) is 82.1 Å². The SMILES string of the molecule is COc1ccc(S(=O)(=O)N(CC(N)=O)c2ccc(Cl)cc2C(O)c2cc(C)ccc2F)cc1OC. The van der Waals surface area contributed by atoms with Crippen LogP contribution in [-0.2, 0) is 14.8 Å². The Morgan fingerprint density at radius 3 is 2.37 bits per heavy atom. The molecule has 0 bridgehead atoms. The summed E-state index contributed by atoms with van der Waals surface area (Å²) in [5, 5.41) is 11.3. The van der Waals surface area contributed by atoms with Crippen molar-refractivity contribution >= 4 is 33.2 Å². The van der Waals surface area contributed by atoms with Gasteiger partial charge in [0.25, 0.3) is 10.0 Å². The van der Waals surface area contributed by atoms with Crippen LogP contribution in [0.1, 0.15) is 22.8 Å². The number of nitrogens with zero attached hydrogens (tertiary/aromatic N) is 1. The van der Waals surface area contributed by atoms with Gasteiger partial charge in [-0.3, -0.25) is 9.10 Å². The zero-order chi connectivity index (χ0) is 25.9. The first kappa shape index (κ1) is 26.3. The molecule has 3 N–H and O–H groups in total. The second-order valence-corrected chi connectivity index (χ2v) is 9.92. The molecule has 3 rings (SSSR count). The second kappa shape index (κ2) is 10.5. The van der Waals surface area contributed by atoms with Gasteiger partial charge in [-0.25, -0.2) is 12.8 Å². The summed E-state index contributed by atoms with van der Waals surface area (Å²) in [5.41, 5.74) is 5.83. The molecule has 0 spiro atoms. The van der Waals surface area contributed by atoms with E-state index >= 15 is 0 Å². The number of amides is 1. The largest absolute Gasteiger partial charge is 0.493 e. The number of hydrogen-bond donors (Lipinski definition) is 2. The molecule has 0 saturated carbocycles. The van der Waals surface area contributed by atoms with Gasteiger partial charge < -0.3 is 20.3 Å². The molecule has 186 valence electrons. The normalized spacial score (nSPS) is 12.2. The zero-order valence-corrected chi connectivity index (χ0v) is 20.7. The summed E-state index contributed by atoms with van der Waals surface area (Å²) in [7, 11) is -1.68. The summed E-state index contributed by atoms with van der Waals surface area (Å²) < 4.78 is 53.0. The number of primary amides is 1. The maximum atomic E-state index is 14.6. The number of methoxy groups -OCH3 is 2. The highest BCUT2D eigenvalue weighted by molar-refractivity contribution is 7.92. The van der Waals surface area contributed by atoms with Crippen LogP contribution in [-0.4, -0.2) is 40.2 Å². The Balaban J connectivity index is 2.22. The van der Waals surface area contributed by atoms with Crippen LogP contribution >= 0.6 is 11.6 Å². The van der Waals surface area contributed by atoms with Gasteiger partial charge in [-0.2, -0.15) is 0 Å². The molecule has 0 fully saturated rings.